The van der Waals surface area contributed by atoms with Crippen LogP contribution in [0.15, 0.2) is 12.1 Å². The molecule has 5 heteroatoms. The van der Waals surface area contributed by atoms with Gasteiger partial charge >= 0.3 is 5.97 Å². The molecular weight excluding hydrogens is 211 g/mol. The van der Waals surface area contributed by atoms with Crippen LogP contribution in [0.25, 0.3) is 0 Å². The Morgan fingerprint density at radius 1 is 1.64 bits per heavy atom. The van der Waals surface area contributed by atoms with Crippen LogP contribution in [0.4, 0.5) is 4.39 Å². The molecule has 0 aliphatic heterocycles. The van der Waals surface area contributed by atoms with Gasteiger partial charge in [0.2, 0.25) is 0 Å². The summed E-state index contributed by atoms with van der Waals surface area (Å²) in [5.41, 5.74) is 0.205. The molecule has 0 fully saturated rings. The molecule has 14 heavy (non-hydrogen) atoms. The van der Waals surface area contributed by atoms with Crippen molar-refractivity contribution in [3.63, 3.8) is 0 Å². The average Bonchev–Trinajstić information content (AvgIpc) is 2.11. The van der Waals surface area contributed by atoms with Crippen molar-refractivity contribution in [1.29, 1.82) is 0 Å². The third kappa shape index (κ3) is 2.35. The number of aliphatic carboxylic acids is 1. The van der Waals surface area contributed by atoms with Gasteiger partial charge in [-0.3, -0.25) is 4.79 Å². The molecule has 0 bridgehead atoms. The second-order valence-corrected chi connectivity index (χ2v) is 3.03. The highest BCUT2D eigenvalue weighted by Gasteiger charge is 2.11. The number of hydrogen-bond acceptors (Lipinski definition) is 2. The number of carboxylic acids is 1. The molecule has 0 spiro atoms. The van der Waals surface area contributed by atoms with Crippen molar-refractivity contribution >= 4 is 17.6 Å². The molecule has 1 aromatic rings. The van der Waals surface area contributed by atoms with Crippen LogP contribution in [0, 0.1) is 5.82 Å². The largest absolute Gasteiger partial charge is 0.497 e. The SMILES string of the molecule is COc1cc(F)c(Cl)c(CC(=O)O)c1. The molecule has 0 aliphatic carbocycles. The van der Waals surface area contributed by atoms with Gasteiger partial charge in [0.05, 0.1) is 18.6 Å². The summed E-state index contributed by atoms with van der Waals surface area (Å²) in [6.45, 7) is 0. The number of carbonyl (C=O) groups is 1. The van der Waals surface area contributed by atoms with Crippen molar-refractivity contribution in [2.45, 2.75) is 6.42 Å². The Balaban J connectivity index is 3.13. The van der Waals surface area contributed by atoms with Crippen LogP contribution >= 0.6 is 11.6 Å². The van der Waals surface area contributed by atoms with Crippen LogP contribution in [0.5, 0.6) is 5.75 Å². The van der Waals surface area contributed by atoms with Gasteiger partial charge in [0, 0.05) is 6.07 Å². The lowest BCUT2D eigenvalue weighted by Crippen LogP contribution is -2.02. The second kappa shape index (κ2) is 4.28. The minimum absolute atomic E-state index is 0.173. The zero-order valence-corrected chi connectivity index (χ0v) is 8.14. The van der Waals surface area contributed by atoms with Gasteiger partial charge in [0.1, 0.15) is 11.6 Å². The van der Waals surface area contributed by atoms with Gasteiger partial charge in [-0.05, 0) is 11.6 Å². The summed E-state index contributed by atoms with van der Waals surface area (Å²) in [5.74, 6) is -1.50. The van der Waals surface area contributed by atoms with Crippen molar-refractivity contribution in [3.8, 4) is 5.75 Å². The lowest BCUT2D eigenvalue weighted by molar-refractivity contribution is -0.136. The van der Waals surface area contributed by atoms with E-state index in [1.165, 1.54) is 13.2 Å². The number of ether oxygens (including phenoxy) is 1. The third-order valence-corrected chi connectivity index (χ3v) is 2.08. The van der Waals surface area contributed by atoms with Crippen LogP contribution in [-0.4, -0.2) is 18.2 Å². The molecule has 0 saturated carbocycles. The molecule has 1 N–H and O–H groups in total. The van der Waals surface area contributed by atoms with E-state index < -0.39 is 11.8 Å². The highest BCUT2D eigenvalue weighted by molar-refractivity contribution is 6.31. The Morgan fingerprint density at radius 2 is 2.29 bits per heavy atom. The quantitative estimate of drug-likeness (QED) is 0.845. The first-order valence-corrected chi connectivity index (χ1v) is 4.16. The topological polar surface area (TPSA) is 46.5 Å². The van der Waals surface area contributed by atoms with E-state index in [0.29, 0.717) is 0 Å². The number of hydrogen-bond donors (Lipinski definition) is 1. The summed E-state index contributed by atoms with van der Waals surface area (Å²) < 4.78 is 17.9. The minimum Gasteiger partial charge on any atom is -0.497 e. The van der Waals surface area contributed by atoms with Crippen LogP contribution in [0.1, 0.15) is 5.56 Å². The van der Waals surface area contributed by atoms with E-state index in [2.05, 4.69) is 0 Å². The number of methoxy groups -OCH3 is 1. The smallest absolute Gasteiger partial charge is 0.307 e. The number of rotatable bonds is 3. The predicted octanol–water partition coefficient (Wildman–Crippen LogP) is 2.11. The van der Waals surface area contributed by atoms with Gasteiger partial charge in [-0.15, -0.1) is 0 Å². The number of benzene rings is 1. The van der Waals surface area contributed by atoms with Gasteiger partial charge in [-0.2, -0.15) is 0 Å². The van der Waals surface area contributed by atoms with Crippen LogP contribution in [0.3, 0.4) is 0 Å². The maximum atomic E-state index is 13.1. The maximum absolute atomic E-state index is 13.1. The minimum atomic E-state index is -1.07. The molecule has 0 saturated heterocycles. The molecular formula is C9H8ClFO3. The normalized spacial score (nSPS) is 9.93. The number of carboxylic acid groups (broad SMARTS) is 1. The molecule has 0 unspecified atom stereocenters. The molecule has 1 rings (SSSR count). The first kappa shape index (κ1) is 10.8. The maximum Gasteiger partial charge on any atom is 0.307 e. The summed E-state index contributed by atoms with van der Waals surface area (Å²) in [6.07, 6.45) is -0.326. The molecule has 1 aromatic carbocycles. The first-order valence-electron chi connectivity index (χ1n) is 3.78. The summed E-state index contributed by atoms with van der Waals surface area (Å²) in [5, 5.41) is 8.35. The van der Waals surface area contributed by atoms with Crippen molar-refractivity contribution in [1.82, 2.24) is 0 Å². The standard InChI is InChI=1S/C9H8ClFO3/c1-14-6-2-5(3-8(12)13)9(10)7(11)4-6/h2,4H,3H2,1H3,(H,12,13). The van der Waals surface area contributed by atoms with Crippen LogP contribution < -0.4 is 4.74 Å². The Hall–Kier alpha value is -1.29. The van der Waals surface area contributed by atoms with E-state index >= 15 is 0 Å². The van der Waals surface area contributed by atoms with Crippen molar-refractivity contribution < 1.29 is 19.0 Å². The fraction of sp³-hybridized carbons (Fsp3) is 0.222. The highest BCUT2D eigenvalue weighted by Crippen LogP contribution is 2.26. The van der Waals surface area contributed by atoms with Gasteiger partial charge in [-0.25, -0.2) is 4.39 Å². The van der Waals surface area contributed by atoms with Gasteiger partial charge < -0.3 is 9.84 Å². The van der Waals surface area contributed by atoms with E-state index in [9.17, 15) is 9.18 Å². The zero-order valence-electron chi connectivity index (χ0n) is 7.38. The zero-order chi connectivity index (χ0) is 10.7. The molecule has 76 valence electrons. The van der Waals surface area contributed by atoms with Crippen LogP contribution in [-0.2, 0) is 11.2 Å². The summed E-state index contributed by atoms with van der Waals surface area (Å²) in [6, 6.07) is 2.51. The average molecular weight is 219 g/mol. The van der Waals surface area contributed by atoms with Crippen molar-refractivity contribution in [3.05, 3.63) is 28.5 Å². The van der Waals surface area contributed by atoms with E-state index in [4.69, 9.17) is 21.4 Å². The van der Waals surface area contributed by atoms with E-state index in [1.807, 2.05) is 0 Å². The molecule has 0 amide bonds. The Morgan fingerprint density at radius 3 is 2.79 bits per heavy atom. The Bertz CT molecular complexity index is 365. The molecule has 0 radical (unpaired) electrons. The summed E-state index contributed by atoms with van der Waals surface area (Å²) in [4.78, 5) is 10.4. The van der Waals surface area contributed by atoms with E-state index in [1.54, 1.807) is 0 Å². The van der Waals surface area contributed by atoms with Crippen molar-refractivity contribution in [2.24, 2.45) is 0 Å². The highest BCUT2D eigenvalue weighted by atomic mass is 35.5. The Kier molecular flexibility index (Phi) is 3.30. The Labute approximate surface area is 85.1 Å². The second-order valence-electron chi connectivity index (χ2n) is 2.65. The fourth-order valence-electron chi connectivity index (χ4n) is 1.03. The predicted molar refractivity (Wildman–Crippen MR) is 49.3 cm³/mol. The van der Waals surface area contributed by atoms with E-state index in [-0.39, 0.29) is 22.8 Å². The van der Waals surface area contributed by atoms with Gasteiger partial charge in [0.15, 0.2) is 0 Å². The molecule has 0 atom stereocenters. The van der Waals surface area contributed by atoms with Crippen molar-refractivity contribution in [2.75, 3.05) is 7.11 Å². The first-order chi connectivity index (χ1) is 6.54. The molecule has 0 aromatic heterocycles. The van der Waals surface area contributed by atoms with Crippen LogP contribution in [0.2, 0.25) is 5.02 Å². The molecule has 3 nitrogen and oxygen atoms in total. The summed E-state index contributed by atoms with van der Waals surface area (Å²) >= 11 is 5.57. The lowest BCUT2D eigenvalue weighted by atomic mass is 10.1. The summed E-state index contributed by atoms with van der Waals surface area (Å²) in [7, 11) is 1.37. The molecule has 0 heterocycles. The number of halogens is 2. The monoisotopic (exact) mass is 218 g/mol. The lowest BCUT2D eigenvalue weighted by Gasteiger charge is -2.05. The van der Waals surface area contributed by atoms with Gasteiger partial charge in [0.25, 0.3) is 0 Å². The van der Waals surface area contributed by atoms with E-state index in [0.717, 1.165) is 6.07 Å². The fourth-order valence-corrected chi connectivity index (χ4v) is 1.20. The van der Waals surface area contributed by atoms with Gasteiger partial charge in [-0.1, -0.05) is 11.6 Å². The molecule has 0 aliphatic rings. The third-order valence-electron chi connectivity index (χ3n) is 1.65.